The average molecular weight is 451 g/mol. The van der Waals surface area contributed by atoms with Gasteiger partial charge in [0.05, 0.1) is 17.4 Å². The van der Waals surface area contributed by atoms with Crippen LogP contribution in [0.3, 0.4) is 0 Å². The Balaban J connectivity index is 1.48. The van der Waals surface area contributed by atoms with E-state index in [-0.39, 0.29) is 11.7 Å². The summed E-state index contributed by atoms with van der Waals surface area (Å²) in [5.41, 5.74) is 1.58. The van der Waals surface area contributed by atoms with Gasteiger partial charge in [0, 0.05) is 10.8 Å². The van der Waals surface area contributed by atoms with E-state index in [9.17, 15) is 4.79 Å². The summed E-state index contributed by atoms with van der Waals surface area (Å²) in [6, 6.07) is 22.6. The van der Waals surface area contributed by atoms with Gasteiger partial charge in [0.2, 0.25) is 0 Å². The molecule has 4 aromatic rings. The Morgan fingerprint density at radius 1 is 1.00 bits per heavy atom. The molecule has 156 valence electrons. The lowest BCUT2D eigenvalue weighted by molar-refractivity contribution is 0.0757. The van der Waals surface area contributed by atoms with Crippen LogP contribution in [0.15, 0.2) is 82.7 Å². The average Bonchev–Trinajstić information content (AvgIpc) is 2.80. The fraction of sp³-hybridized carbons (Fsp3) is 0.167. The van der Waals surface area contributed by atoms with Crippen molar-refractivity contribution in [2.75, 3.05) is 6.61 Å². The summed E-state index contributed by atoms with van der Waals surface area (Å²) in [4.78, 5) is 18.1. The molecule has 0 spiro atoms. The van der Waals surface area contributed by atoms with Crippen LogP contribution in [-0.4, -0.2) is 22.3 Å². The van der Waals surface area contributed by atoms with Gasteiger partial charge in [-0.1, -0.05) is 65.8 Å². The molecule has 0 bridgehead atoms. The predicted molar refractivity (Wildman–Crippen MR) is 123 cm³/mol. The Kier molecular flexibility index (Phi) is 5.57. The van der Waals surface area contributed by atoms with Crippen molar-refractivity contribution in [1.29, 1.82) is 0 Å². The number of fused-ring (bicyclic) bond motifs is 2. The highest BCUT2D eigenvalue weighted by atomic mass is 35.5. The van der Waals surface area contributed by atoms with E-state index in [1.807, 2.05) is 66.7 Å². The molecule has 0 fully saturated rings. The molecule has 0 unspecified atom stereocenters. The first-order valence-corrected chi connectivity index (χ1v) is 11.3. The lowest BCUT2D eigenvalue weighted by Gasteiger charge is -2.27. The Labute approximate surface area is 188 Å². The van der Waals surface area contributed by atoms with Gasteiger partial charge in [0.25, 0.3) is 5.56 Å². The lowest BCUT2D eigenvalue weighted by atomic mass is 10.2. The molecule has 1 atom stereocenters. The minimum Gasteiger partial charge on any atom is -0.486 e. The number of halogens is 1. The Bertz CT molecular complexity index is 1310. The van der Waals surface area contributed by atoms with Crippen LogP contribution >= 0.6 is 23.4 Å². The molecule has 1 aliphatic rings. The van der Waals surface area contributed by atoms with E-state index in [4.69, 9.17) is 26.1 Å². The molecular weight excluding hydrogens is 432 g/mol. The first kappa shape index (κ1) is 20.0. The van der Waals surface area contributed by atoms with Crippen molar-refractivity contribution in [2.45, 2.75) is 23.6 Å². The summed E-state index contributed by atoms with van der Waals surface area (Å²) in [6.07, 6.45) is -0.296. The van der Waals surface area contributed by atoms with Crippen LogP contribution in [0.5, 0.6) is 11.5 Å². The van der Waals surface area contributed by atoms with E-state index in [1.165, 1.54) is 11.8 Å². The normalized spacial score (nSPS) is 15.2. The number of hydrogen-bond donors (Lipinski definition) is 0. The molecule has 0 radical (unpaired) electrons. The fourth-order valence-corrected chi connectivity index (χ4v) is 4.83. The van der Waals surface area contributed by atoms with E-state index >= 15 is 0 Å². The van der Waals surface area contributed by atoms with Crippen molar-refractivity contribution in [3.63, 3.8) is 0 Å². The van der Waals surface area contributed by atoms with E-state index < -0.39 is 0 Å². The highest BCUT2D eigenvalue weighted by Gasteiger charge is 2.23. The van der Waals surface area contributed by atoms with Crippen molar-refractivity contribution in [1.82, 2.24) is 9.55 Å². The standard InChI is InChI=1S/C24H19ClN2O3S/c25-19-9-3-1-7-16(19)15-31-24-26-20-10-4-2-8-18(20)23(28)27(24)13-17-14-29-21-11-5-6-12-22(21)30-17/h1-12,17H,13-15H2/t17-/m1/s1. The number of hydrogen-bond acceptors (Lipinski definition) is 5. The van der Waals surface area contributed by atoms with Crippen LogP contribution in [0, 0.1) is 0 Å². The zero-order valence-electron chi connectivity index (χ0n) is 16.5. The summed E-state index contributed by atoms with van der Waals surface area (Å²) in [5.74, 6) is 2.01. The van der Waals surface area contributed by atoms with Crippen molar-refractivity contribution < 1.29 is 9.47 Å². The fourth-order valence-electron chi connectivity index (χ4n) is 3.53. The molecule has 31 heavy (non-hydrogen) atoms. The molecule has 2 heterocycles. The van der Waals surface area contributed by atoms with E-state index in [1.54, 1.807) is 10.6 Å². The molecule has 3 aromatic carbocycles. The van der Waals surface area contributed by atoms with Crippen LogP contribution in [0.1, 0.15) is 5.56 Å². The summed E-state index contributed by atoms with van der Waals surface area (Å²) in [7, 11) is 0. The number of para-hydroxylation sites is 3. The minimum absolute atomic E-state index is 0.0882. The first-order chi connectivity index (χ1) is 15.2. The summed E-state index contributed by atoms with van der Waals surface area (Å²) < 4.78 is 13.6. The second-order valence-electron chi connectivity index (χ2n) is 7.20. The van der Waals surface area contributed by atoms with Crippen LogP contribution in [0.2, 0.25) is 5.02 Å². The maximum atomic E-state index is 13.3. The number of aromatic nitrogens is 2. The quantitative estimate of drug-likeness (QED) is 0.309. The zero-order chi connectivity index (χ0) is 21.2. The highest BCUT2D eigenvalue weighted by Crippen LogP contribution is 2.32. The second-order valence-corrected chi connectivity index (χ2v) is 8.55. The second kappa shape index (κ2) is 8.65. The first-order valence-electron chi connectivity index (χ1n) is 9.93. The lowest BCUT2D eigenvalue weighted by Crippen LogP contribution is -2.37. The third-order valence-electron chi connectivity index (χ3n) is 5.09. The monoisotopic (exact) mass is 450 g/mol. The maximum Gasteiger partial charge on any atom is 0.262 e. The van der Waals surface area contributed by atoms with Gasteiger partial charge in [-0.15, -0.1) is 0 Å². The number of nitrogens with zero attached hydrogens (tertiary/aromatic N) is 2. The van der Waals surface area contributed by atoms with E-state index in [0.717, 1.165) is 11.3 Å². The van der Waals surface area contributed by atoms with Crippen LogP contribution in [-0.2, 0) is 12.3 Å². The summed E-state index contributed by atoms with van der Waals surface area (Å²) >= 11 is 7.81. The number of thioether (sulfide) groups is 1. The van der Waals surface area contributed by atoms with Crippen LogP contribution < -0.4 is 15.0 Å². The van der Waals surface area contributed by atoms with Gasteiger partial charge in [-0.25, -0.2) is 4.98 Å². The molecule has 1 aromatic heterocycles. The van der Waals surface area contributed by atoms with Gasteiger partial charge in [-0.3, -0.25) is 9.36 Å². The smallest absolute Gasteiger partial charge is 0.262 e. The maximum absolute atomic E-state index is 13.3. The molecule has 5 rings (SSSR count). The highest BCUT2D eigenvalue weighted by molar-refractivity contribution is 7.98. The zero-order valence-corrected chi connectivity index (χ0v) is 18.1. The molecule has 0 N–H and O–H groups in total. The summed E-state index contributed by atoms with van der Waals surface area (Å²) in [5, 5.41) is 1.91. The Hall–Kier alpha value is -2.96. The largest absolute Gasteiger partial charge is 0.486 e. The van der Waals surface area contributed by atoms with Crippen molar-refractivity contribution >= 4 is 34.3 Å². The van der Waals surface area contributed by atoms with Crippen molar-refractivity contribution in [2.24, 2.45) is 0 Å². The number of rotatable bonds is 5. The Morgan fingerprint density at radius 3 is 2.61 bits per heavy atom. The van der Waals surface area contributed by atoms with E-state index in [0.29, 0.717) is 45.7 Å². The van der Waals surface area contributed by atoms with Crippen LogP contribution in [0.25, 0.3) is 10.9 Å². The molecule has 0 aliphatic carbocycles. The van der Waals surface area contributed by atoms with Gasteiger partial charge < -0.3 is 9.47 Å². The van der Waals surface area contributed by atoms with Crippen molar-refractivity contribution in [3.05, 3.63) is 93.7 Å². The molecule has 1 aliphatic heterocycles. The van der Waals surface area contributed by atoms with Gasteiger partial charge in [-0.05, 0) is 35.9 Å². The van der Waals surface area contributed by atoms with Gasteiger partial charge in [-0.2, -0.15) is 0 Å². The molecule has 0 amide bonds. The molecule has 7 heteroatoms. The Morgan fingerprint density at radius 2 is 1.74 bits per heavy atom. The topological polar surface area (TPSA) is 53.4 Å². The van der Waals surface area contributed by atoms with Crippen LogP contribution in [0.4, 0.5) is 0 Å². The number of ether oxygens (including phenoxy) is 2. The van der Waals surface area contributed by atoms with Gasteiger partial charge in [0.15, 0.2) is 22.8 Å². The van der Waals surface area contributed by atoms with Crippen molar-refractivity contribution in [3.8, 4) is 11.5 Å². The third-order valence-corrected chi connectivity index (χ3v) is 6.49. The van der Waals surface area contributed by atoms with E-state index in [2.05, 4.69) is 0 Å². The van der Waals surface area contributed by atoms with Gasteiger partial charge >= 0.3 is 0 Å². The third kappa shape index (κ3) is 4.13. The minimum atomic E-state index is -0.296. The molecule has 5 nitrogen and oxygen atoms in total. The molecule has 0 saturated carbocycles. The number of benzene rings is 3. The molecule has 0 saturated heterocycles. The summed E-state index contributed by atoms with van der Waals surface area (Å²) in [6.45, 7) is 0.709. The van der Waals surface area contributed by atoms with Gasteiger partial charge in [0.1, 0.15) is 6.61 Å². The SMILES string of the molecule is O=c1c2ccccc2nc(SCc2ccccc2Cl)n1C[C@@H]1COc2ccccc2O1. The predicted octanol–water partition coefficient (Wildman–Crippen LogP) is 5.18. The molecular formula is C24H19ClN2O3S.